The number of rotatable bonds is 8. The van der Waals surface area contributed by atoms with Crippen LogP contribution >= 0.6 is 11.6 Å². The summed E-state index contributed by atoms with van der Waals surface area (Å²) in [6.45, 7) is -0.108. The lowest BCUT2D eigenvalue weighted by Gasteiger charge is -2.33. The van der Waals surface area contributed by atoms with Crippen LogP contribution in [-0.2, 0) is 35.8 Å². The maximum atomic E-state index is 13.2. The van der Waals surface area contributed by atoms with Crippen molar-refractivity contribution >= 4 is 50.2 Å². The molecule has 2 saturated heterocycles. The predicted octanol–water partition coefficient (Wildman–Crippen LogP) is 2.47. The van der Waals surface area contributed by atoms with Gasteiger partial charge in [-0.25, -0.2) is 13.2 Å². The average molecular weight is 600 g/mol. The molecule has 2 aliphatic heterocycles. The van der Waals surface area contributed by atoms with Crippen LogP contribution in [0.1, 0.15) is 24.8 Å². The van der Waals surface area contributed by atoms with Gasteiger partial charge in [-0.3, -0.25) is 9.59 Å². The fourth-order valence-electron chi connectivity index (χ4n) is 5.22. The van der Waals surface area contributed by atoms with E-state index in [9.17, 15) is 27.9 Å². The number of piperidine rings is 1. The normalized spacial score (nSPS) is 21.3. The van der Waals surface area contributed by atoms with Crippen LogP contribution < -0.4 is 4.72 Å². The number of carbonyl (C=O) groups is 3. The van der Waals surface area contributed by atoms with E-state index in [1.165, 1.54) is 21.9 Å². The second-order valence-corrected chi connectivity index (χ2v) is 12.4. The third kappa shape index (κ3) is 6.70. The fourth-order valence-corrected chi connectivity index (χ4v) is 6.65. The van der Waals surface area contributed by atoms with Gasteiger partial charge in [0.25, 0.3) is 0 Å². The first kappa shape index (κ1) is 29.0. The molecular formula is C29H30ClN3O7S. The molecule has 0 aliphatic carbocycles. The summed E-state index contributed by atoms with van der Waals surface area (Å²) in [5, 5.41) is 12.2. The molecule has 2 fully saturated rings. The number of nitrogens with one attached hydrogen (secondary N) is 1. The number of ether oxygens (including phenoxy) is 1. The molecule has 0 aromatic heterocycles. The summed E-state index contributed by atoms with van der Waals surface area (Å²) in [7, 11) is -4.04. The summed E-state index contributed by atoms with van der Waals surface area (Å²) >= 11 is 6.02. The summed E-state index contributed by atoms with van der Waals surface area (Å²) in [6, 6.07) is 16.8. The van der Waals surface area contributed by atoms with Crippen LogP contribution in [0.25, 0.3) is 10.8 Å². The summed E-state index contributed by atoms with van der Waals surface area (Å²) < 4.78 is 34.2. The molecule has 216 valence electrons. The van der Waals surface area contributed by atoms with Crippen molar-refractivity contribution < 1.29 is 32.6 Å². The number of amides is 2. The Bertz CT molecular complexity index is 1570. The Kier molecular flexibility index (Phi) is 8.60. The van der Waals surface area contributed by atoms with Crippen LogP contribution in [0.3, 0.4) is 0 Å². The van der Waals surface area contributed by atoms with E-state index in [-0.39, 0.29) is 44.0 Å². The van der Waals surface area contributed by atoms with Gasteiger partial charge in [0.1, 0.15) is 18.7 Å². The van der Waals surface area contributed by atoms with Crippen LogP contribution in [0.4, 0.5) is 0 Å². The molecule has 5 rings (SSSR count). The highest BCUT2D eigenvalue weighted by Crippen LogP contribution is 2.24. The van der Waals surface area contributed by atoms with Gasteiger partial charge >= 0.3 is 5.97 Å². The average Bonchev–Trinajstić information content (AvgIpc) is 3.36. The van der Waals surface area contributed by atoms with E-state index in [0.29, 0.717) is 16.8 Å². The maximum Gasteiger partial charge on any atom is 0.329 e. The van der Waals surface area contributed by atoms with Gasteiger partial charge in [-0.15, -0.1) is 0 Å². The highest BCUT2D eigenvalue weighted by Gasteiger charge is 2.41. The number of hydrogen-bond acceptors (Lipinski definition) is 7. The van der Waals surface area contributed by atoms with E-state index in [4.69, 9.17) is 16.3 Å². The van der Waals surface area contributed by atoms with Crippen molar-refractivity contribution in [2.75, 3.05) is 19.6 Å². The minimum atomic E-state index is -4.04. The topological polar surface area (TPSA) is 133 Å². The second kappa shape index (κ2) is 12.2. The molecular weight excluding hydrogens is 570 g/mol. The van der Waals surface area contributed by atoms with Gasteiger partial charge in [0.05, 0.1) is 17.5 Å². The summed E-state index contributed by atoms with van der Waals surface area (Å²) in [4.78, 5) is 41.8. The molecule has 2 heterocycles. The molecule has 3 aromatic rings. The zero-order valence-corrected chi connectivity index (χ0v) is 23.7. The van der Waals surface area contributed by atoms with Crippen LogP contribution in [0.15, 0.2) is 71.6 Å². The Morgan fingerprint density at radius 3 is 2.56 bits per heavy atom. The quantitative estimate of drug-likeness (QED) is 0.380. The van der Waals surface area contributed by atoms with Crippen LogP contribution in [-0.4, -0.2) is 78.9 Å². The van der Waals surface area contributed by atoms with Crippen molar-refractivity contribution in [3.05, 3.63) is 77.3 Å². The SMILES string of the molecule is O=C(OCc1ccccc1)[C@@H]1CC(O)CN1C(=O)CN1CCC[C@H](NS(=O)(=O)c2ccc3cc(Cl)ccc3c2)C1=O. The Morgan fingerprint density at radius 1 is 1.05 bits per heavy atom. The molecule has 1 unspecified atom stereocenters. The molecule has 0 saturated carbocycles. The van der Waals surface area contributed by atoms with Gasteiger partial charge in [0.15, 0.2) is 0 Å². The van der Waals surface area contributed by atoms with E-state index >= 15 is 0 Å². The zero-order chi connectivity index (χ0) is 29.1. The van der Waals surface area contributed by atoms with Gasteiger partial charge in [0, 0.05) is 24.5 Å². The first-order valence-electron chi connectivity index (χ1n) is 13.3. The molecule has 41 heavy (non-hydrogen) atoms. The number of esters is 1. The molecule has 12 heteroatoms. The van der Waals surface area contributed by atoms with Crippen molar-refractivity contribution in [1.82, 2.24) is 14.5 Å². The minimum Gasteiger partial charge on any atom is -0.459 e. The number of nitrogens with zero attached hydrogens (tertiary/aromatic N) is 2. The van der Waals surface area contributed by atoms with Gasteiger partial charge in [-0.1, -0.05) is 54.1 Å². The van der Waals surface area contributed by atoms with Gasteiger partial charge in [0.2, 0.25) is 21.8 Å². The number of halogens is 1. The Hall–Kier alpha value is -3.51. The van der Waals surface area contributed by atoms with Gasteiger partial charge in [-0.2, -0.15) is 4.72 Å². The Labute approximate surface area is 242 Å². The van der Waals surface area contributed by atoms with E-state index in [2.05, 4.69) is 4.72 Å². The van der Waals surface area contributed by atoms with Crippen molar-refractivity contribution in [3.63, 3.8) is 0 Å². The number of likely N-dealkylation sites (tertiary alicyclic amines) is 2. The number of aliphatic hydroxyl groups excluding tert-OH is 1. The number of hydrogen-bond donors (Lipinski definition) is 2. The number of carbonyl (C=O) groups excluding carboxylic acids is 3. The number of β-amino-alcohol motifs (C(OH)–C–C–N with tert-alkyl or cyclic N) is 1. The fraction of sp³-hybridized carbons (Fsp3) is 0.345. The highest BCUT2D eigenvalue weighted by atomic mass is 35.5. The molecule has 0 bridgehead atoms. The van der Waals surface area contributed by atoms with Crippen molar-refractivity contribution in [2.45, 2.75) is 49.0 Å². The second-order valence-electron chi connectivity index (χ2n) is 10.3. The molecule has 2 amide bonds. The molecule has 10 nitrogen and oxygen atoms in total. The maximum absolute atomic E-state index is 13.2. The van der Waals surface area contributed by atoms with Gasteiger partial charge in [-0.05, 0) is 53.4 Å². The van der Waals surface area contributed by atoms with Gasteiger partial charge < -0.3 is 19.6 Å². The number of fused-ring (bicyclic) bond motifs is 1. The van der Waals surface area contributed by atoms with Crippen LogP contribution in [0, 0.1) is 0 Å². The number of sulfonamides is 1. The largest absolute Gasteiger partial charge is 0.459 e. The minimum absolute atomic E-state index is 0.0104. The Morgan fingerprint density at radius 2 is 1.78 bits per heavy atom. The number of benzene rings is 3. The van der Waals surface area contributed by atoms with Crippen molar-refractivity contribution in [3.8, 4) is 0 Å². The van der Waals surface area contributed by atoms with Crippen molar-refractivity contribution in [1.29, 1.82) is 0 Å². The van der Waals surface area contributed by atoms with E-state index in [0.717, 1.165) is 10.9 Å². The predicted molar refractivity (Wildman–Crippen MR) is 151 cm³/mol. The summed E-state index contributed by atoms with van der Waals surface area (Å²) in [6.07, 6.45) is -0.104. The lowest BCUT2D eigenvalue weighted by atomic mass is 10.1. The lowest BCUT2D eigenvalue weighted by molar-refractivity contribution is -0.155. The molecule has 2 N–H and O–H groups in total. The van der Waals surface area contributed by atoms with E-state index in [1.807, 2.05) is 30.3 Å². The van der Waals surface area contributed by atoms with E-state index in [1.54, 1.807) is 24.3 Å². The molecule has 0 spiro atoms. The zero-order valence-electron chi connectivity index (χ0n) is 22.1. The van der Waals surface area contributed by atoms with Crippen LogP contribution in [0.2, 0.25) is 5.02 Å². The first-order valence-corrected chi connectivity index (χ1v) is 15.2. The summed E-state index contributed by atoms with van der Waals surface area (Å²) in [5.74, 6) is -1.68. The third-order valence-corrected chi connectivity index (χ3v) is 9.04. The lowest BCUT2D eigenvalue weighted by Crippen LogP contribution is -2.55. The molecule has 3 atom stereocenters. The third-order valence-electron chi connectivity index (χ3n) is 7.33. The molecule has 0 radical (unpaired) electrons. The monoisotopic (exact) mass is 599 g/mol. The highest BCUT2D eigenvalue weighted by molar-refractivity contribution is 7.89. The molecule has 3 aromatic carbocycles. The first-order chi connectivity index (χ1) is 19.6. The molecule has 2 aliphatic rings. The Balaban J connectivity index is 1.22. The van der Waals surface area contributed by atoms with E-state index < -0.39 is 46.0 Å². The summed E-state index contributed by atoms with van der Waals surface area (Å²) in [5.41, 5.74) is 0.790. The smallest absolute Gasteiger partial charge is 0.329 e. The van der Waals surface area contributed by atoms with Crippen LogP contribution in [0.5, 0.6) is 0 Å². The number of aliphatic hydroxyl groups is 1. The van der Waals surface area contributed by atoms with Crippen molar-refractivity contribution in [2.24, 2.45) is 0 Å². The standard InChI is InChI=1S/C29H30ClN3O7S/c30-22-10-8-21-14-24(11-9-20(21)13-22)41(38,39)31-25-7-4-12-32(28(25)36)17-27(35)33-16-23(34)15-26(33)29(37)40-18-19-5-2-1-3-6-19/h1-3,5-6,8-11,13-14,23,25-26,31,34H,4,7,12,15-18H2/t23?,25-,26-/m0/s1.